The van der Waals surface area contributed by atoms with Crippen LogP contribution in [0.2, 0.25) is 5.02 Å². The highest BCUT2D eigenvalue weighted by molar-refractivity contribution is 6.35. The number of carbonyl (C=O) groups is 2. The molecule has 4 aromatic rings. The summed E-state index contributed by atoms with van der Waals surface area (Å²) in [6, 6.07) is 5.82. The second kappa shape index (κ2) is 10.3. The Kier molecular flexibility index (Phi) is 6.99. The van der Waals surface area contributed by atoms with Crippen LogP contribution in [0.1, 0.15) is 18.5 Å². The lowest BCUT2D eigenvalue weighted by Gasteiger charge is -2.10. The van der Waals surface area contributed by atoms with E-state index in [4.69, 9.17) is 11.6 Å². The van der Waals surface area contributed by atoms with E-state index < -0.39 is 0 Å². The molecule has 0 aliphatic carbocycles. The molecule has 0 spiro atoms. The Bertz CT molecular complexity index is 1290. The number of rotatable bonds is 6. The molecule has 5 rings (SSSR count). The van der Waals surface area contributed by atoms with E-state index in [1.54, 1.807) is 23.2 Å². The monoisotopic (exact) mass is 465 g/mol. The van der Waals surface area contributed by atoms with Gasteiger partial charge in [0.15, 0.2) is 0 Å². The number of nitrogens with one attached hydrogen (secondary N) is 2. The Balaban J connectivity index is 0.000000243. The molecule has 4 aromatic heterocycles. The Morgan fingerprint density at radius 2 is 2.09 bits per heavy atom. The molecule has 1 fully saturated rings. The zero-order valence-corrected chi connectivity index (χ0v) is 18.8. The summed E-state index contributed by atoms with van der Waals surface area (Å²) in [5.41, 5.74) is 4.37. The van der Waals surface area contributed by atoms with E-state index in [1.807, 2.05) is 23.1 Å². The minimum atomic E-state index is 0.0764. The lowest BCUT2D eigenvalue weighted by Crippen LogP contribution is -2.25. The van der Waals surface area contributed by atoms with Crippen LogP contribution >= 0.6 is 11.6 Å². The third-order valence-electron chi connectivity index (χ3n) is 5.46. The van der Waals surface area contributed by atoms with Gasteiger partial charge in [0.05, 0.1) is 16.7 Å². The lowest BCUT2D eigenvalue weighted by molar-refractivity contribution is -0.125. The topological polar surface area (TPSA) is 108 Å². The Morgan fingerprint density at radius 3 is 2.85 bits per heavy atom. The van der Waals surface area contributed by atoms with Gasteiger partial charge in [-0.05, 0) is 37.1 Å². The van der Waals surface area contributed by atoms with E-state index >= 15 is 0 Å². The van der Waals surface area contributed by atoms with E-state index in [9.17, 15) is 9.59 Å². The number of carbonyl (C=O) groups excluding carboxylic acids is 2. The van der Waals surface area contributed by atoms with Gasteiger partial charge in [-0.15, -0.1) is 0 Å². The van der Waals surface area contributed by atoms with Crippen molar-refractivity contribution >= 4 is 40.5 Å². The van der Waals surface area contributed by atoms with Crippen molar-refractivity contribution in [3.05, 3.63) is 60.2 Å². The molecule has 170 valence electrons. The van der Waals surface area contributed by atoms with Gasteiger partial charge < -0.3 is 15.2 Å². The largest absolute Gasteiger partial charge is 0.358 e. The first kappa shape index (κ1) is 22.5. The maximum absolute atomic E-state index is 10.8. The van der Waals surface area contributed by atoms with Crippen LogP contribution in [0.4, 0.5) is 0 Å². The molecule has 10 heteroatoms. The average Bonchev–Trinajstić information content (AvgIpc) is 3.59. The van der Waals surface area contributed by atoms with Gasteiger partial charge in [-0.2, -0.15) is 14.8 Å². The molecule has 2 N–H and O–H groups in total. The third-order valence-corrected chi connectivity index (χ3v) is 5.74. The van der Waals surface area contributed by atoms with Gasteiger partial charge in [0.1, 0.15) is 5.65 Å². The molecule has 1 aliphatic rings. The van der Waals surface area contributed by atoms with Gasteiger partial charge in [0, 0.05) is 60.7 Å². The minimum Gasteiger partial charge on any atom is -0.358 e. The number of aromatic amines is 1. The van der Waals surface area contributed by atoms with Crippen LogP contribution in [-0.2, 0) is 16.0 Å². The zero-order valence-electron chi connectivity index (χ0n) is 18.0. The molecule has 33 heavy (non-hydrogen) atoms. The number of nitrogens with zero attached hydrogens (tertiary/aromatic N) is 5. The van der Waals surface area contributed by atoms with Crippen LogP contribution in [0, 0.1) is 0 Å². The van der Waals surface area contributed by atoms with Crippen molar-refractivity contribution in [3.8, 4) is 11.1 Å². The summed E-state index contributed by atoms with van der Waals surface area (Å²) in [4.78, 5) is 30.7. The second-order valence-electron chi connectivity index (χ2n) is 7.55. The van der Waals surface area contributed by atoms with Gasteiger partial charge in [-0.3, -0.25) is 9.59 Å². The molecule has 1 aliphatic heterocycles. The molecule has 9 nitrogen and oxygen atoms in total. The number of hydrogen-bond donors (Lipinski definition) is 2. The van der Waals surface area contributed by atoms with Crippen LogP contribution in [0.25, 0.3) is 27.7 Å². The average molecular weight is 466 g/mol. The summed E-state index contributed by atoms with van der Waals surface area (Å²) in [5.74, 6) is 0.0764. The maximum Gasteiger partial charge on any atom is 0.245 e. The van der Waals surface area contributed by atoms with E-state index in [-0.39, 0.29) is 5.91 Å². The molecule has 0 bridgehead atoms. The van der Waals surface area contributed by atoms with Gasteiger partial charge in [0.25, 0.3) is 0 Å². The fourth-order valence-electron chi connectivity index (χ4n) is 3.87. The van der Waals surface area contributed by atoms with E-state index in [0.717, 1.165) is 59.3 Å². The molecule has 0 saturated carbocycles. The third kappa shape index (κ3) is 4.88. The first-order valence-corrected chi connectivity index (χ1v) is 11.0. The number of halogens is 1. The van der Waals surface area contributed by atoms with Crippen LogP contribution in [0.5, 0.6) is 0 Å². The zero-order chi connectivity index (χ0) is 23.2. The fraction of sp³-hybridized carbons (Fsp3) is 0.261. The molecular formula is C23H24ClN7O2. The highest BCUT2D eigenvalue weighted by Gasteiger charge is 2.17. The molecule has 0 atom stereocenters. The van der Waals surface area contributed by atoms with Crippen molar-refractivity contribution in [1.82, 2.24) is 35.0 Å². The molecule has 0 unspecified atom stereocenters. The normalized spacial score (nSPS) is 13.1. The van der Waals surface area contributed by atoms with Crippen molar-refractivity contribution < 1.29 is 9.59 Å². The predicted molar refractivity (Wildman–Crippen MR) is 127 cm³/mol. The number of aromatic nitrogens is 5. The number of hydrogen-bond acceptors (Lipinski definition) is 5. The minimum absolute atomic E-state index is 0.0764. The van der Waals surface area contributed by atoms with Crippen molar-refractivity contribution in [2.45, 2.75) is 19.3 Å². The summed E-state index contributed by atoms with van der Waals surface area (Å²) < 4.78 is 1.57. The first-order chi connectivity index (χ1) is 16.1. The van der Waals surface area contributed by atoms with Crippen LogP contribution in [0.3, 0.4) is 0 Å². The second-order valence-corrected chi connectivity index (χ2v) is 7.96. The highest BCUT2D eigenvalue weighted by Crippen LogP contribution is 2.36. The fourth-order valence-corrected chi connectivity index (χ4v) is 4.12. The maximum atomic E-state index is 10.8. The Hall–Kier alpha value is -3.72. The van der Waals surface area contributed by atoms with Crippen LogP contribution in [-0.4, -0.2) is 61.6 Å². The first-order valence-electron chi connectivity index (χ1n) is 10.7. The Labute approximate surface area is 195 Å². The standard InChI is InChI=1S/C16H13ClN6O.C7H11NO/c17-13-8-19-16-11(6-10(22-16)3-5-18-9-24)15(13)12-7-21-23-14(12)2-1-4-20-23;1-2-7(9)8-5-3-4-6-8/h1-2,4,6-9H,3,5H2,(H,18,24)(H,19,22);2H,1,3-6H2. The smallest absolute Gasteiger partial charge is 0.245 e. The number of pyridine rings is 1. The van der Waals surface area contributed by atoms with E-state index in [2.05, 4.69) is 32.1 Å². The summed E-state index contributed by atoms with van der Waals surface area (Å²) in [5, 5.41) is 12.6. The molecule has 0 aromatic carbocycles. The Morgan fingerprint density at radius 1 is 1.27 bits per heavy atom. The lowest BCUT2D eigenvalue weighted by atomic mass is 10.1. The predicted octanol–water partition coefficient (Wildman–Crippen LogP) is 3.01. The molecule has 5 heterocycles. The summed E-state index contributed by atoms with van der Waals surface area (Å²) in [6.45, 7) is 5.81. The van der Waals surface area contributed by atoms with Crippen molar-refractivity contribution in [1.29, 1.82) is 0 Å². The quantitative estimate of drug-likeness (QED) is 0.258. The molecule has 0 radical (unpaired) electrons. The van der Waals surface area contributed by atoms with Crippen LogP contribution in [0.15, 0.2) is 49.4 Å². The number of H-pyrrole nitrogens is 1. The van der Waals surface area contributed by atoms with Crippen LogP contribution < -0.4 is 5.32 Å². The van der Waals surface area contributed by atoms with E-state index in [0.29, 0.717) is 24.4 Å². The van der Waals surface area contributed by atoms with Crippen molar-refractivity contribution in [2.75, 3.05) is 19.6 Å². The molecule has 2 amide bonds. The summed E-state index contributed by atoms with van der Waals surface area (Å²) in [6.07, 6.45) is 10.1. The van der Waals surface area contributed by atoms with Crippen molar-refractivity contribution in [3.63, 3.8) is 0 Å². The molecular weight excluding hydrogens is 442 g/mol. The SMILES string of the molecule is C=CC(=O)N1CCCC1.O=CNCCc1cc2c(-c3cnn4ncccc34)c(Cl)cnc2[nH]1. The summed E-state index contributed by atoms with van der Waals surface area (Å²) >= 11 is 6.44. The highest BCUT2D eigenvalue weighted by atomic mass is 35.5. The number of likely N-dealkylation sites (tertiary alicyclic amines) is 1. The molecule has 1 saturated heterocycles. The van der Waals surface area contributed by atoms with Gasteiger partial charge in [-0.25, -0.2) is 4.98 Å². The van der Waals surface area contributed by atoms with Gasteiger partial charge >= 0.3 is 0 Å². The van der Waals surface area contributed by atoms with Gasteiger partial charge in [-0.1, -0.05) is 18.2 Å². The summed E-state index contributed by atoms with van der Waals surface area (Å²) in [7, 11) is 0. The van der Waals surface area contributed by atoms with Crippen molar-refractivity contribution in [2.24, 2.45) is 0 Å². The van der Waals surface area contributed by atoms with Gasteiger partial charge in [0.2, 0.25) is 12.3 Å². The number of amides is 2. The van der Waals surface area contributed by atoms with E-state index in [1.165, 1.54) is 6.08 Å². The number of fused-ring (bicyclic) bond motifs is 2.